The highest BCUT2D eigenvalue weighted by atomic mass is 16.2. The molecule has 2 aromatic rings. The first-order valence-electron chi connectivity index (χ1n) is 5.65. The molecule has 0 bridgehead atoms. The number of anilines is 2. The molecule has 0 saturated carbocycles. The number of rotatable bonds is 2. The number of benzene rings is 1. The standard InChI is InChI=1S/C14H15N3O/c1-10-5-7-11(8-6-10)14(18)17(2)13-12(15)4-3-9-16-13/h3-9H,15H2,1-2H3. The van der Waals surface area contributed by atoms with Crippen LogP contribution in [0, 0.1) is 6.92 Å². The van der Waals surface area contributed by atoms with Crippen molar-refractivity contribution in [1.82, 2.24) is 4.98 Å². The van der Waals surface area contributed by atoms with Crippen LogP contribution in [0.3, 0.4) is 0 Å². The SMILES string of the molecule is Cc1ccc(C(=O)N(C)c2ncccc2N)cc1. The predicted octanol–water partition coefficient (Wildman–Crippen LogP) is 2.25. The molecule has 0 spiro atoms. The van der Waals surface area contributed by atoms with Crippen LogP contribution in [0.1, 0.15) is 15.9 Å². The third kappa shape index (κ3) is 2.32. The van der Waals surface area contributed by atoms with Crippen LogP contribution in [0.25, 0.3) is 0 Å². The van der Waals surface area contributed by atoms with Crippen LogP contribution in [0.2, 0.25) is 0 Å². The highest BCUT2D eigenvalue weighted by Crippen LogP contribution is 2.19. The van der Waals surface area contributed by atoms with E-state index in [1.807, 2.05) is 19.1 Å². The van der Waals surface area contributed by atoms with Crippen molar-refractivity contribution in [3.05, 3.63) is 53.7 Å². The normalized spacial score (nSPS) is 10.1. The molecule has 1 heterocycles. The topological polar surface area (TPSA) is 59.2 Å². The summed E-state index contributed by atoms with van der Waals surface area (Å²) in [5.74, 6) is 0.350. The van der Waals surface area contributed by atoms with E-state index in [1.165, 1.54) is 4.90 Å². The Labute approximate surface area is 106 Å². The molecule has 0 aliphatic rings. The number of carbonyl (C=O) groups is 1. The molecule has 92 valence electrons. The Hall–Kier alpha value is -2.36. The van der Waals surface area contributed by atoms with Gasteiger partial charge in [0.1, 0.15) is 0 Å². The fourth-order valence-corrected chi connectivity index (χ4v) is 1.68. The molecule has 4 heteroatoms. The minimum Gasteiger partial charge on any atom is -0.396 e. The summed E-state index contributed by atoms with van der Waals surface area (Å²) in [6, 6.07) is 10.9. The Kier molecular flexibility index (Phi) is 3.28. The number of pyridine rings is 1. The summed E-state index contributed by atoms with van der Waals surface area (Å²) in [5, 5.41) is 0. The number of nitrogen functional groups attached to an aromatic ring is 1. The van der Waals surface area contributed by atoms with E-state index in [2.05, 4.69) is 4.98 Å². The summed E-state index contributed by atoms with van der Waals surface area (Å²) in [6.45, 7) is 1.98. The van der Waals surface area contributed by atoms with Gasteiger partial charge in [-0.3, -0.25) is 9.69 Å². The van der Waals surface area contributed by atoms with Gasteiger partial charge in [-0.25, -0.2) is 4.98 Å². The van der Waals surface area contributed by atoms with E-state index in [1.54, 1.807) is 37.5 Å². The Balaban J connectivity index is 2.29. The molecule has 0 aliphatic carbocycles. The van der Waals surface area contributed by atoms with Gasteiger partial charge >= 0.3 is 0 Å². The minimum atomic E-state index is -0.125. The Morgan fingerprint density at radius 3 is 2.50 bits per heavy atom. The third-order valence-electron chi connectivity index (χ3n) is 2.74. The van der Waals surface area contributed by atoms with Crippen molar-refractivity contribution in [2.45, 2.75) is 6.92 Å². The minimum absolute atomic E-state index is 0.125. The number of carbonyl (C=O) groups excluding carboxylic acids is 1. The molecule has 0 atom stereocenters. The molecule has 1 amide bonds. The lowest BCUT2D eigenvalue weighted by molar-refractivity contribution is 0.0992. The van der Waals surface area contributed by atoms with E-state index in [4.69, 9.17) is 5.73 Å². The summed E-state index contributed by atoms with van der Waals surface area (Å²) in [7, 11) is 1.67. The van der Waals surface area contributed by atoms with Gasteiger partial charge in [0, 0.05) is 18.8 Å². The number of hydrogen-bond acceptors (Lipinski definition) is 3. The second-order valence-electron chi connectivity index (χ2n) is 4.15. The molecule has 2 N–H and O–H groups in total. The van der Waals surface area contributed by atoms with Gasteiger partial charge in [-0.05, 0) is 31.2 Å². The zero-order valence-electron chi connectivity index (χ0n) is 10.4. The maximum Gasteiger partial charge on any atom is 0.259 e. The number of nitrogens with zero attached hydrogens (tertiary/aromatic N) is 2. The molecule has 1 aromatic heterocycles. The molecule has 0 fully saturated rings. The first kappa shape index (κ1) is 12.1. The number of aromatic nitrogens is 1. The maximum absolute atomic E-state index is 12.2. The highest BCUT2D eigenvalue weighted by molar-refractivity contribution is 6.06. The van der Waals surface area contributed by atoms with Crippen LogP contribution >= 0.6 is 0 Å². The van der Waals surface area contributed by atoms with Gasteiger partial charge in [-0.1, -0.05) is 17.7 Å². The number of hydrogen-bond donors (Lipinski definition) is 1. The molecule has 4 nitrogen and oxygen atoms in total. The van der Waals surface area contributed by atoms with Crippen molar-refractivity contribution in [2.24, 2.45) is 0 Å². The fraction of sp³-hybridized carbons (Fsp3) is 0.143. The summed E-state index contributed by atoms with van der Waals surface area (Å²) in [5.41, 5.74) is 8.03. The fourth-order valence-electron chi connectivity index (χ4n) is 1.68. The van der Waals surface area contributed by atoms with Gasteiger partial charge in [-0.15, -0.1) is 0 Å². The van der Waals surface area contributed by atoms with Gasteiger partial charge in [0.05, 0.1) is 5.69 Å². The summed E-state index contributed by atoms with van der Waals surface area (Å²) < 4.78 is 0. The van der Waals surface area contributed by atoms with Crippen LogP contribution in [0.15, 0.2) is 42.6 Å². The van der Waals surface area contributed by atoms with E-state index in [-0.39, 0.29) is 5.91 Å². The van der Waals surface area contributed by atoms with Crippen LogP contribution in [0.4, 0.5) is 11.5 Å². The lowest BCUT2D eigenvalue weighted by atomic mass is 10.1. The van der Waals surface area contributed by atoms with E-state index < -0.39 is 0 Å². The Bertz CT molecular complexity index is 564. The number of amides is 1. The lowest BCUT2D eigenvalue weighted by Gasteiger charge is -2.17. The van der Waals surface area contributed by atoms with Crippen molar-refractivity contribution in [1.29, 1.82) is 0 Å². The van der Waals surface area contributed by atoms with Crippen LogP contribution in [-0.4, -0.2) is 17.9 Å². The van der Waals surface area contributed by atoms with E-state index in [0.29, 0.717) is 17.1 Å². The summed E-state index contributed by atoms with van der Waals surface area (Å²) >= 11 is 0. The van der Waals surface area contributed by atoms with Crippen molar-refractivity contribution in [3.63, 3.8) is 0 Å². The zero-order chi connectivity index (χ0) is 13.1. The van der Waals surface area contributed by atoms with Crippen molar-refractivity contribution in [3.8, 4) is 0 Å². The van der Waals surface area contributed by atoms with Crippen LogP contribution in [0.5, 0.6) is 0 Å². The quantitative estimate of drug-likeness (QED) is 0.877. The van der Waals surface area contributed by atoms with Crippen molar-refractivity contribution < 1.29 is 4.79 Å². The predicted molar refractivity (Wildman–Crippen MR) is 72.6 cm³/mol. The average molecular weight is 241 g/mol. The highest BCUT2D eigenvalue weighted by Gasteiger charge is 2.16. The zero-order valence-corrected chi connectivity index (χ0v) is 10.4. The van der Waals surface area contributed by atoms with E-state index in [9.17, 15) is 4.79 Å². The van der Waals surface area contributed by atoms with Crippen LogP contribution < -0.4 is 10.6 Å². The first-order valence-corrected chi connectivity index (χ1v) is 5.65. The van der Waals surface area contributed by atoms with Crippen LogP contribution in [-0.2, 0) is 0 Å². The molecule has 0 radical (unpaired) electrons. The van der Waals surface area contributed by atoms with Gasteiger partial charge < -0.3 is 5.73 Å². The van der Waals surface area contributed by atoms with Gasteiger partial charge in [0.15, 0.2) is 5.82 Å². The molecule has 18 heavy (non-hydrogen) atoms. The molecular formula is C14H15N3O. The van der Waals surface area contributed by atoms with Gasteiger partial charge in [-0.2, -0.15) is 0 Å². The number of aryl methyl sites for hydroxylation is 1. The maximum atomic E-state index is 12.2. The molecule has 0 unspecified atom stereocenters. The smallest absolute Gasteiger partial charge is 0.259 e. The molecular weight excluding hydrogens is 226 g/mol. The first-order chi connectivity index (χ1) is 8.59. The summed E-state index contributed by atoms with van der Waals surface area (Å²) in [4.78, 5) is 17.8. The van der Waals surface area contributed by atoms with Gasteiger partial charge in [0.25, 0.3) is 5.91 Å². The van der Waals surface area contributed by atoms with E-state index in [0.717, 1.165) is 5.56 Å². The van der Waals surface area contributed by atoms with Crippen molar-refractivity contribution >= 4 is 17.4 Å². The third-order valence-corrected chi connectivity index (χ3v) is 2.74. The van der Waals surface area contributed by atoms with Crippen molar-refractivity contribution in [2.75, 3.05) is 17.7 Å². The molecule has 0 saturated heterocycles. The monoisotopic (exact) mass is 241 g/mol. The molecule has 0 aliphatic heterocycles. The Morgan fingerprint density at radius 2 is 1.89 bits per heavy atom. The number of nitrogens with two attached hydrogens (primary N) is 1. The van der Waals surface area contributed by atoms with Gasteiger partial charge in [0.2, 0.25) is 0 Å². The molecule has 2 rings (SSSR count). The largest absolute Gasteiger partial charge is 0.396 e. The molecule has 1 aromatic carbocycles. The average Bonchev–Trinajstić information content (AvgIpc) is 2.38. The lowest BCUT2D eigenvalue weighted by Crippen LogP contribution is -2.27. The van der Waals surface area contributed by atoms with E-state index >= 15 is 0 Å². The Morgan fingerprint density at radius 1 is 1.22 bits per heavy atom. The second kappa shape index (κ2) is 4.87. The second-order valence-corrected chi connectivity index (χ2v) is 4.15. The summed E-state index contributed by atoms with van der Waals surface area (Å²) in [6.07, 6.45) is 1.62.